The van der Waals surface area contributed by atoms with Crippen molar-refractivity contribution in [2.75, 3.05) is 0 Å². The van der Waals surface area contributed by atoms with E-state index in [1.165, 1.54) is 13.0 Å². The Labute approximate surface area is 84.1 Å². The molecule has 0 bridgehead atoms. The number of ether oxygens (including phenoxy) is 1. The summed E-state index contributed by atoms with van der Waals surface area (Å²) >= 11 is 0. The number of pyridine rings is 1. The van der Waals surface area contributed by atoms with Gasteiger partial charge in [-0.25, -0.2) is 4.98 Å². The Morgan fingerprint density at radius 3 is 2.40 bits per heavy atom. The molecule has 0 saturated carbocycles. The van der Waals surface area contributed by atoms with Gasteiger partial charge in [0.1, 0.15) is 11.8 Å². The lowest BCUT2D eigenvalue weighted by atomic mass is 10.2. The zero-order valence-electron chi connectivity index (χ0n) is 8.01. The van der Waals surface area contributed by atoms with E-state index in [1.54, 1.807) is 13.0 Å². The van der Waals surface area contributed by atoms with Crippen LogP contribution in [-0.2, 0) is 0 Å². The van der Waals surface area contributed by atoms with Crippen molar-refractivity contribution in [3.8, 4) is 11.9 Å². The lowest BCUT2D eigenvalue weighted by Gasteiger charge is -2.11. The van der Waals surface area contributed by atoms with Gasteiger partial charge in [0.2, 0.25) is 5.88 Å². The van der Waals surface area contributed by atoms with Crippen molar-refractivity contribution in [2.24, 2.45) is 0 Å². The van der Waals surface area contributed by atoms with Gasteiger partial charge in [-0.2, -0.15) is 5.26 Å². The molecule has 15 heavy (non-hydrogen) atoms. The first-order chi connectivity index (χ1) is 6.83. The number of alkyl halides is 3. The summed E-state index contributed by atoms with van der Waals surface area (Å²) in [6.45, 7) is 3.03. The van der Waals surface area contributed by atoms with Crippen molar-refractivity contribution in [1.29, 1.82) is 5.26 Å². The predicted octanol–water partition coefficient (Wildman–Crippen LogP) is 2.47. The average molecular weight is 216 g/mol. The zero-order valence-corrected chi connectivity index (χ0v) is 8.01. The SMILES string of the molecule is Cc1cc(C)c(OC(F)(F)F)nc1C#N. The standard InChI is InChI=1S/C9H7F3N2O/c1-5-3-6(2)8(14-7(5)4-13)15-9(10,11)12/h3H,1-2H3. The Balaban J connectivity index is 3.15. The molecule has 6 heteroatoms. The second-order valence-corrected chi connectivity index (χ2v) is 2.94. The van der Waals surface area contributed by atoms with Crippen LogP contribution in [0.25, 0.3) is 0 Å². The fraction of sp³-hybridized carbons (Fsp3) is 0.333. The molecule has 0 amide bonds. The van der Waals surface area contributed by atoms with Crippen molar-refractivity contribution < 1.29 is 17.9 Å². The van der Waals surface area contributed by atoms with Crippen LogP contribution in [0.5, 0.6) is 5.88 Å². The number of aromatic nitrogens is 1. The lowest BCUT2D eigenvalue weighted by molar-refractivity contribution is -0.276. The first-order valence-electron chi connectivity index (χ1n) is 3.97. The van der Waals surface area contributed by atoms with Gasteiger partial charge in [0.05, 0.1) is 0 Å². The van der Waals surface area contributed by atoms with Crippen molar-refractivity contribution in [3.05, 3.63) is 22.9 Å². The molecule has 1 heterocycles. The number of hydrogen-bond acceptors (Lipinski definition) is 3. The number of aryl methyl sites for hydroxylation is 2. The molecule has 0 atom stereocenters. The van der Waals surface area contributed by atoms with Gasteiger partial charge in [-0.05, 0) is 25.5 Å². The van der Waals surface area contributed by atoms with E-state index in [4.69, 9.17) is 5.26 Å². The van der Waals surface area contributed by atoms with Crippen molar-refractivity contribution >= 4 is 0 Å². The molecule has 3 nitrogen and oxygen atoms in total. The number of nitriles is 1. The van der Waals surface area contributed by atoms with Crippen LogP contribution in [-0.4, -0.2) is 11.3 Å². The van der Waals surface area contributed by atoms with E-state index in [-0.39, 0.29) is 11.3 Å². The summed E-state index contributed by atoms with van der Waals surface area (Å²) < 4.78 is 39.4. The number of rotatable bonds is 1. The molecule has 80 valence electrons. The minimum atomic E-state index is -4.79. The maximum Gasteiger partial charge on any atom is 0.574 e. The van der Waals surface area contributed by atoms with E-state index >= 15 is 0 Å². The highest BCUT2D eigenvalue weighted by molar-refractivity contribution is 5.38. The fourth-order valence-corrected chi connectivity index (χ4v) is 1.06. The Hall–Kier alpha value is -1.77. The smallest absolute Gasteiger partial charge is 0.388 e. The molecular weight excluding hydrogens is 209 g/mol. The van der Waals surface area contributed by atoms with Crippen LogP contribution >= 0.6 is 0 Å². The van der Waals surface area contributed by atoms with Gasteiger partial charge >= 0.3 is 6.36 Å². The monoisotopic (exact) mass is 216 g/mol. The normalized spacial score (nSPS) is 10.9. The summed E-state index contributed by atoms with van der Waals surface area (Å²) in [5, 5.41) is 8.58. The van der Waals surface area contributed by atoms with Gasteiger partial charge < -0.3 is 4.74 Å². The van der Waals surface area contributed by atoms with Crippen molar-refractivity contribution in [3.63, 3.8) is 0 Å². The van der Waals surface area contributed by atoms with Gasteiger partial charge in [0.25, 0.3) is 0 Å². The molecule has 0 radical (unpaired) electrons. The van der Waals surface area contributed by atoms with Crippen LogP contribution < -0.4 is 4.74 Å². The quantitative estimate of drug-likeness (QED) is 0.724. The molecule has 0 unspecified atom stereocenters. The highest BCUT2D eigenvalue weighted by atomic mass is 19.4. The molecule has 1 rings (SSSR count). The van der Waals surface area contributed by atoms with Crippen LogP contribution in [0.1, 0.15) is 16.8 Å². The third kappa shape index (κ3) is 2.84. The predicted molar refractivity (Wildman–Crippen MR) is 45.1 cm³/mol. The molecule has 0 aliphatic rings. The van der Waals surface area contributed by atoms with E-state index in [0.717, 1.165) is 0 Å². The van der Waals surface area contributed by atoms with E-state index in [2.05, 4.69) is 9.72 Å². The molecule has 1 aromatic heterocycles. The Bertz CT molecular complexity index is 421. The second-order valence-electron chi connectivity index (χ2n) is 2.94. The number of halogens is 3. The van der Waals surface area contributed by atoms with Crippen molar-refractivity contribution in [2.45, 2.75) is 20.2 Å². The topological polar surface area (TPSA) is 45.9 Å². The summed E-state index contributed by atoms with van der Waals surface area (Å²) in [6.07, 6.45) is -4.79. The van der Waals surface area contributed by atoms with Gasteiger partial charge in [0.15, 0.2) is 0 Å². The average Bonchev–Trinajstić information content (AvgIpc) is 2.07. The Morgan fingerprint density at radius 2 is 1.93 bits per heavy atom. The van der Waals surface area contributed by atoms with E-state index in [9.17, 15) is 13.2 Å². The van der Waals surface area contributed by atoms with Crippen LogP contribution in [0.3, 0.4) is 0 Å². The molecule has 0 aliphatic heterocycles. The summed E-state index contributed by atoms with van der Waals surface area (Å²) in [5.74, 6) is -0.579. The molecule has 0 aliphatic carbocycles. The number of hydrogen-bond donors (Lipinski definition) is 0. The Morgan fingerprint density at radius 1 is 1.33 bits per heavy atom. The van der Waals surface area contributed by atoms with Crippen LogP contribution in [0, 0.1) is 25.2 Å². The number of nitrogens with zero attached hydrogens (tertiary/aromatic N) is 2. The highest BCUT2D eigenvalue weighted by Gasteiger charge is 2.32. The van der Waals surface area contributed by atoms with E-state index < -0.39 is 12.2 Å². The molecular formula is C9H7F3N2O. The maximum absolute atomic E-state index is 11.9. The fourth-order valence-electron chi connectivity index (χ4n) is 1.06. The first-order valence-corrected chi connectivity index (χ1v) is 3.97. The van der Waals surface area contributed by atoms with Gasteiger partial charge in [-0.1, -0.05) is 0 Å². The first kappa shape index (κ1) is 11.3. The summed E-state index contributed by atoms with van der Waals surface area (Å²) in [7, 11) is 0. The van der Waals surface area contributed by atoms with E-state index in [1.807, 2.05) is 0 Å². The molecule has 0 aromatic carbocycles. The molecule has 0 spiro atoms. The van der Waals surface area contributed by atoms with Crippen LogP contribution in [0.4, 0.5) is 13.2 Å². The highest BCUT2D eigenvalue weighted by Crippen LogP contribution is 2.25. The second kappa shape index (κ2) is 3.77. The lowest BCUT2D eigenvalue weighted by Crippen LogP contribution is -2.19. The van der Waals surface area contributed by atoms with Crippen LogP contribution in [0.2, 0.25) is 0 Å². The van der Waals surface area contributed by atoms with Crippen molar-refractivity contribution in [1.82, 2.24) is 4.98 Å². The third-order valence-corrected chi connectivity index (χ3v) is 1.68. The van der Waals surface area contributed by atoms with Gasteiger partial charge in [-0.15, -0.1) is 13.2 Å². The summed E-state index contributed by atoms with van der Waals surface area (Å²) in [6, 6.07) is 3.11. The third-order valence-electron chi connectivity index (χ3n) is 1.68. The van der Waals surface area contributed by atoms with Gasteiger partial charge in [0, 0.05) is 5.56 Å². The summed E-state index contributed by atoms with van der Waals surface area (Å²) in [5.41, 5.74) is 0.688. The maximum atomic E-state index is 11.9. The van der Waals surface area contributed by atoms with Crippen LogP contribution in [0.15, 0.2) is 6.07 Å². The summed E-state index contributed by atoms with van der Waals surface area (Å²) in [4.78, 5) is 3.47. The minimum absolute atomic E-state index is 0.0696. The van der Waals surface area contributed by atoms with E-state index in [0.29, 0.717) is 5.56 Å². The minimum Gasteiger partial charge on any atom is -0.388 e. The largest absolute Gasteiger partial charge is 0.574 e. The molecule has 0 N–H and O–H groups in total. The van der Waals surface area contributed by atoms with Gasteiger partial charge in [-0.3, -0.25) is 0 Å². The molecule has 0 fully saturated rings. The molecule has 0 saturated heterocycles. The molecule has 1 aromatic rings. The Kier molecular flexibility index (Phi) is 2.84. The zero-order chi connectivity index (χ0) is 11.6.